The number of aromatic nitrogens is 3. The first-order valence-corrected chi connectivity index (χ1v) is 11.3. The molecule has 0 aliphatic heterocycles. The van der Waals surface area contributed by atoms with Crippen LogP contribution in [0.4, 0.5) is 13.2 Å². The number of carbonyl (C=O) groups is 1. The smallest absolute Gasteiger partial charge is 0.417 e. The first-order chi connectivity index (χ1) is 16.7. The fourth-order valence-electron chi connectivity index (χ4n) is 3.53. The largest absolute Gasteiger partial charge is 0.493 e. The minimum absolute atomic E-state index is 0.299. The van der Waals surface area contributed by atoms with Crippen LogP contribution in [-0.4, -0.2) is 34.5 Å². The van der Waals surface area contributed by atoms with Gasteiger partial charge in [-0.1, -0.05) is 19.4 Å². The van der Waals surface area contributed by atoms with E-state index in [0.717, 1.165) is 49.2 Å². The summed E-state index contributed by atoms with van der Waals surface area (Å²) in [7, 11) is 1.51. The molecule has 1 aromatic carbocycles. The maximum Gasteiger partial charge on any atom is 0.417 e. The van der Waals surface area contributed by atoms with Crippen molar-refractivity contribution in [3.05, 3.63) is 59.5 Å². The lowest BCUT2D eigenvalue weighted by atomic mass is 10.1. The number of esters is 1. The molecule has 2 aromatic heterocycles. The Morgan fingerprint density at radius 1 is 1.09 bits per heavy atom. The zero-order valence-electron chi connectivity index (χ0n) is 19.9. The Hall–Kier alpha value is -3.56. The minimum atomic E-state index is -4.43. The van der Waals surface area contributed by atoms with E-state index < -0.39 is 17.7 Å². The highest BCUT2D eigenvalue weighted by atomic mass is 19.4. The van der Waals surface area contributed by atoms with E-state index in [0.29, 0.717) is 36.1 Å². The highest BCUT2D eigenvalue weighted by molar-refractivity contribution is 5.71. The summed E-state index contributed by atoms with van der Waals surface area (Å²) < 4.78 is 56.4. The van der Waals surface area contributed by atoms with Gasteiger partial charge in [0.05, 0.1) is 25.0 Å². The number of methoxy groups -OCH3 is 1. The molecule has 0 amide bonds. The van der Waals surface area contributed by atoms with E-state index in [4.69, 9.17) is 14.2 Å². The van der Waals surface area contributed by atoms with E-state index in [9.17, 15) is 18.0 Å². The Bertz CT molecular complexity index is 1130. The second-order valence-electron chi connectivity index (χ2n) is 7.89. The van der Waals surface area contributed by atoms with Gasteiger partial charge in [0.1, 0.15) is 0 Å². The van der Waals surface area contributed by atoms with Crippen LogP contribution in [0.25, 0.3) is 5.82 Å². The third-order valence-electron chi connectivity index (χ3n) is 5.18. The quantitative estimate of drug-likeness (QED) is 0.198. The number of hydrogen-bond donors (Lipinski definition) is 0. The van der Waals surface area contributed by atoms with Gasteiger partial charge in [0, 0.05) is 19.3 Å². The van der Waals surface area contributed by atoms with E-state index in [2.05, 4.69) is 10.1 Å². The van der Waals surface area contributed by atoms with Crippen molar-refractivity contribution in [2.24, 2.45) is 0 Å². The van der Waals surface area contributed by atoms with Crippen molar-refractivity contribution < 1.29 is 32.2 Å². The molecule has 3 aromatic rings. The molecule has 0 fully saturated rings. The first kappa shape index (κ1) is 26.1. The number of halogens is 3. The number of carbonyl (C=O) groups excluding carboxylic acids is 1. The number of nitrogens with zero attached hydrogens (tertiary/aromatic N) is 3. The van der Waals surface area contributed by atoms with E-state index in [1.165, 1.54) is 24.8 Å². The zero-order valence-corrected chi connectivity index (χ0v) is 19.9. The maximum atomic E-state index is 12.8. The summed E-state index contributed by atoms with van der Waals surface area (Å²) in [6, 6.07) is 7.39. The minimum Gasteiger partial charge on any atom is -0.493 e. The monoisotopic (exact) mass is 491 g/mol. The Morgan fingerprint density at radius 2 is 1.86 bits per heavy atom. The van der Waals surface area contributed by atoms with Crippen LogP contribution in [0.15, 0.2) is 42.7 Å². The van der Waals surface area contributed by atoms with Crippen molar-refractivity contribution in [3.63, 3.8) is 0 Å². The molecule has 0 spiro atoms. The summed E-state index contributed by atoms with van der Waals surface area (Å²) in [6.07, 6.45) is 2.08. The molecule has 3 rings (SSSR count). The molecular weight excluding hydrogens is 463 g/mol. The van der Waals surface area contributed by atoms with Crippen LogP contribution in [0.3, 0.4) is 0 Å². The fraction of sp³-hybridized carbons (Fsp3) is 0.400. The maximum absolute atomic E-state index is 12.8. The summed E-state index contributed by atoms with van der Waals surface area (Å²) in [5.74, 6) is 1.02. The molecule has 0 radical (unpaired) electrons. The molecule has 0 saturated carbocycles. The van der Waals surface area contributed by atoms with Gasteiger partial charge in [-0.15, -0.1) is 0 Å². The van der Waals surface area contributed by atoms with Crippen molar-refractivity contribution >= 4 is 5.97 Å². The van der Waals surface area contributed by atoms with Gasteiger partial charge in [-0.2, -0.15) is 18.3 Å². The molecule has 0 N–H and O–H groups in total. The third-order valence-corrected chi connectivity index (χ3v) is 5.18. The molecule has 2 heterocycles. The van der Waals surface area contributed by atoms with Gasteiger partial charge in [-0.05, 0) is 55.5 Å². The average Bonchev–Trinajstić information content (AvgIpc) is 3.21. The fourth-order valence-corrected chi connectivity index (χ4v) is 3.53. The standard InChI is InChI=1S/C25H28F3N3O4/c1-4-8-20-18(16-31(30-20)23-13-12-19(15-29-23)25(26,27)28)9-5-6-14-34-24-21(33-3)10-7-11-22(24)35-17(2)32/h7,10-13,15-16H,4-6,8-9,14H2,1-3H3. The lowest BCUT2D eigenvalue weighted by Crippen LogP contribution is -2.07. The lowest BCUT2D eigenvalue weighted by molar-refractivity contribution is -0.138. The molecule has 0 aliphatic rings. The molecule has 10 heteroatoms. The predicted octanol–water partition coefficient (Wildman–Crippen LogP) is 5.57. The van der Waals surface area contributed by atoms with Crippen LogP contribution in [0.1, 0.15) is 49.9 Å². The molecule has 0 saturated heterocycles. The number of pyridine rings is 1. The van der Waals surface area contributed by atoms with Gasteiger partial charge in [-0.25, -0.2) is 9.67 Å². The number of ether oxygens (including phenoxy) is 3. The van der Waals surface area contributed by atoms with Gasteiger partial charge in [-0.3, -0.25) is 4.79 Å². The number of unbranched alkanes of at least 4 members (excludes halogenated alkanes) is 1. The SMILES string of the molecule is CCCc1nn(-c2ccc(C(F)(F)F)cn2)cc1CCCCOc1c(OC)cccc1OC(C)=O. The third kappa shape index (κ3) is 6.97. The van der Waals surface area contributed by atoms with Crippen molar-refractivity contribution in [2.45, 2.75) is 52.1 Å². The molecule has 0 unspecified atom stereocenters. The number of hydrogen-bond acceptors (Lipinski definition) is 6. The van der Waals surface area contributed by atoms with E-state index in [1.807, 2.05) is 13.1 Å². The van der Waals surface area contributed by atoms with Crippen molar-refractivity contribution in [1.29, 1.82) is 0 Å². The molecule has 188 valence electrons. The number of para-hydroxylation sites is 1. The van der Waals surface area contributed by atoms with E-state index >= 15 is 0 Å². The molecule has 7 nitrogen and oxygen atoms in total. The highest BCUT2D eigenvalue weighted by Gasteiger charge is 2.30. The number of alkyl halides is 3. The summed E-state index contributed by atoms with van der Waals surface area (Å²) in [6.45, 7) is 3.74. The van der Waals surface area contributed by atoms with Crippen LogP contribution < -0.4 is 14.2 Å². The van der Waals surface area contributed by atoms with Gasteiger partial charge in [0.2, 0.25) is 5.75 Å². The van der Waals surface area contributed by atoms with E-state index in [-0.39, 0.29) is 0 Å². The first-order valence-electron chi connectivity index (χ1n) is 11.3. The summed E-state index contributed by atoms with van der Waals surface area (Å²) >= 11 is 0. The zero-order chi connectivity index (χ0) is 25.4. The van der Waals surface area contributed by atoms with Crippen LogP contribution in [0.2, 0.25) is 0 Å². The molecule has 0 bridgehead atoms. The van der Waals surface area contributed by atoms with Gasteiger partial charge >= 0.3 is 12.1 Å². The lowest BCUT2D eigenvalue weighted by Gasteiger charge is -2.14. The van der Waals surface area contributed by atoms with Crippen molar-refractivity contribution in [1.82, 2.24) is 14.8 Å². The Kier molecular flexibility index (Phi) is 8.73. The van der Waals surface area contributed by atoms with Gasteiger partial charge in [0.15, 0.2) is 17.3 Å². The topological polar surface area (TPSA) is 75.5 Å². The highest BCUT2D eigenvalue weighted by Crippen LogP contribution is 2.37. The summed E-state index contributed by atoms with van der Waals surface area (Å²) in [5.41, 5.74) is 1.12. The molecular formula is C25H28F3N3O4. The van der Waals surface area contributed by atoms with Crippen LogP contribution in [-0.2, 0) is 23.8 Å². The summed E-state index contributed by atoms with van der Waals surface area (Å²) in [4.78, 5) is 15.3. The van der Waals surface area contributed by atoms with Gasteiger partial charge < -0.3 is 14.2 Å². The Morgan fingerprint density at radius 3 is 2.49 bits per heavy atom. The normalized spacial score (nSPS) is 11.4. The number of rotatable bonds is 11. The summed E-state index contributed by atoms with van der Waals surface area (Å²) in [5, 5.41) is 4.55. The van der Waals surface area contributed by atoms with Crippen LogP contribution in [0, 0.1) is 0 Å². The number of aryl methyl sites for hydroxylation is 2. The van der Waals surface area contributed by atoms with Crippen LogP contribution >= 0.6 is 0 Å². The second kappa shape index (κ2) is 11.7. The molecule has 35 heavy (non-hydrogen) atoms. The molecule has 0 atom stereocenters. The second-order valence-corrected chi connectivity index (χ2v) is 7.89. The van der Waals surface area contributed by atoms with Gasteiger partial charge in [0.25, 0.3) is 0 Å². The van der Waals surface area contributed by atoms with Crippen molar-refractivity contribution in [3.8, 4) is 23.1 Å². The Labute approximate surface area is 201 Å². The number of benzene rings is 1. The average molecular weight is 492 g/mol. The van der Waals surface area contributed by atoms with Crippen LogP contribution in [0.5, 0.6) is 17.2 Å². The predicted molar refractivity (Wildman–Crippen MR) is 123 cm³/mol. The Balaban J connectivity index is 1.62. The van der Waals surface area contributed by atoms with Crippen molar-refractivity contribution in [2.75, 3.05) is 13.7 Å². The molecule has 0 aliphatic carbocycles. The van der Waals surface area contributed by atoms with E-state index in [1.54, 1.807) is 18.2 Å².